The first-order valence-electron chi connectivity index (χ1n) is 7.40. The Morgan fingerprint density at radius 2 is 1.77 bits per heavy atom. The van der Waals surface area contributed by atoms with Gasteiger partial charge in [-0.25, -0.2) is 0 Å². The standard InChI is InChI=1S/C18H20ClNO2/c1-3-4-14-5-11-17(12-6-14)22-13(2)18(21)20-16-9-7-15(19)8-10-16/h5-13H,3-4H2,1-2H3,(H,20,21). The number of ether oxygens (including phenoxy) is 1. The highest BCUT2D eigenvalue weighted by Crippen LogP contribution is 2.17. The molecule has 0 saturated heterocycles. The molecule has 0 radical (unpaired) electrons. The molecule has 0 aliphatic rings. The lowest BCUT2D eigenvalue weighted by Crippen LogP contribution is -2.30. The van der Waals surface area contributed by atoms with Gasteiger partial charge in [-0.15, -0.1) is 0 Å². The first kappa shape index (κ1) is 16.4. The number of aryl methyl sites for hydroxylation is 1. The number of hydrogen-bond acceptors (Lipinski definition) is 2. The van der Waals surface area contributed by atoms with Crippen molar-refractivity contribution in [1.29, 1.82) is 0 Å². The van der Waals surface area contributed by atoms with Gasteiger partial charge in [0.25, 0.3) is 5.91 Å². The number of nitrogens with one attached hydrogen (secondary N) is 1. The zero-order valence-corrected chi connectivity index (χ0v) is 13.6. The topological polar surface area (TPSA) is 38.3 Å². The van der Waals surface area contributed by atoms with E-state index in [-0.39, 0.29) is 5.91 Å². The van der Waals surface area contributed by atoms with Crippen molar-refractivity contribution in [3.63, 3.8) is 0 Å². The first-order valence-corrected chi connectivity index (χ1v) is 7.78. The lowest BCUT2D eigenvalue weighted by molar-refractivity contribution is -0.122. The molecule has 0 aromatic heterocycles. The molecule has 0 aliphatic carbocycles. The maximum absolute atomic E-state index is 12.1. The fourth-order valence-corrected chi connectivity index (χ4v) is 2.18. The number of carbonyl (C=O) groups excluding carboxylic acids is 1. The number of amides is 1. The number of rotatable bonds is 6. The zero-order chi connectivity index (χ0) is 15.9. The summed E-state index contributed by atoms with van der Waals surface area (Å²) < 4.78 is 5.67. The van der Waals surface area contributed by atoms with Crippen LogP contribution in [0.4, 0.5) is 5.69 Å². The Balaban J connectivity index is 1.91. The average Bonchev–Trinajstić information content (AvgIpc) is 2.51. The Bertz CT molecular complexity index is 608. The van der Waals surface area contributed by atoms with Crippen molar-refractivity contribution < 1.29 is 9.53 Å². The highest BCUT2D eigenvalue weighted by atomic mass is 35.5. The summed E-state index contributed by atoms with van der Waals surface area (Å²) >= 11 is 5.82. The Kier molecular flexibility index (Phi) is 5.84. The SMILES string of the molecule is CCCc1ccc(OC(C)C(=O)Nc2ccc(Cl)cc2)cc1. The van der Waals surface area contributed by atoms with Crippen LogP contribution >= 0.6 is 11.6 Å². The van der Waals surface area contributed by atoms with Gasteiger partial charge in [0.2, 0.25) is 0 Å². The van der Waals surface area contributed by atoms with E-state index < -0.39 is 6.10 Å². The molecule has 0 spiro atoms. The largest absolute Gasteiger partial charge is 0.481 e. The van der Waals surface area contributed by atoms with Crippen LogP contribution in [-0.2, 0) is 11.2 Å². The molecule has 2 aromatic carbocycles. The Morgan fingerprint density at radius 1 is 1.14 bits per heavy atom. The second-order valence-corrected chi connectivity index (χ2v) is 5.59. The summed E-state index contributed by atoms with van der Waals surface area (Å²) in [6.07, 6.45) is 1.58. The zero-order valence-electron chi connectivity index (χ0n) is 12.8. The quantitative estimate of drug-likeness (QED) is 0.838. The smallest absolute Gasteiger partial charge is 0.265 e. The Hall–Kier alpha value is -2.00. The maximum Gasteiger partial charge on any atom is 0.265 e. The molecule has 0 fully saturated rings. The van der Waals surface area contributed by atoms with Gasteiger partial charge in [-0.3, -0.25) is 4.79 Å². The molecule has 1 amide bonds. The number of anilines is 1. The third-order valence-corrected chi connectivity index (χ3v) is 3.51. The molecular formula is C18H20ClNO2. The normalized spacial score (nSPS) is 11.8. The predicted octanol–water partition coefficient (Wildman–Crippen LogP) is 4.70. The Morgan fingerprint density at radius 3 is 2.36 bits per heavy atom. The number of hydrogen-bond donors (Lipinski definition) is 1. The van der Waals surface area contributed by atoms with E-state index in [0.29, 0.717) is 16.5 Å². The van der Waals surface area contributed by atoms with Gasteiger partial charge in [0.15, 0.2) is 6.10 Å². The lowest BCUT2D eigenvalue weighted by atomic mass is 10.1. The monoisotopic (exact) mass is 317 g/mol. The lowest BCUT2D eigenvalue weighted by Gasteiger charge is -2.15. The van der Waals surface area contributed by atoms with Crippen LogP contribution < -0.4 is 10.1 Å². The van der Waals surface area contributed by atoms with Gasteiger partial charge < -0.3 is 10.1 Å². The van der Waals surface area contributed by atoms with E-state index in [0.717, 1.165) is 12.8 Å². The summed E-state index contributed by atoms with van der Waals surface area (Å²) in [6, 6.07) is 14.8. The average molecular weight is 318 g/mol. The van der Waals surface area contributed by atoms with Crippen molar-refractivity contribution in [1.82, 2.24) is 0 Å². The molecule has 1 N–H and O–H groups in total. The van der Waals surface area contributed by atoms with Gasteiger partial charge in [0.05, 0.1) is 0 Å². The van der Waals surface area contributed by atoms with Crippen LogP contribution in [-0.4, -0.2) is 12.0 Å². The first-order chi connectivity index (χ1) is 10.6. The predicted molar refractivity (Wildman–Crippen MR) is 90.6 cm³/mol. The van der Waals surface area contributed by atoms with Gasteiger partial charge in [-0.2, -0.15) is 0 Å². The van der Waals surface area contributed by atoms with Crippen LogP contribution in [0.15, 0.2) is 48.5 Å². The maximum atomic E-state index is 12.1. The third kappa shape index (κ3) is 4.78. The molecule has 0 aliphatic heterocycles. The van der Waals surface area contributed by atoms with E-state index in [2.05, 4.69) is 12.2 Å². The molecule has 2 rings (SSSR count). The van der Waals surface area contributed by atoms with Gasteiger partial charge >= 0.3 is 0 Å². The minimum atomic E-state index is -0.576. The van der Waals surface area contributed by atoms with Crippen LogP contribution in [0.1, 0.15) is 25.8 Å². The summed E-state index contributed by atoms with van der Waals surface area (Å²) in [6.45, 7) is 3.87. The fourth-order valence-electron chi connectivity index (χ4n) is 2.06. The fraction of sp³-hybridized carbons (Fsp3) is 0.278. The number of halogens is 1. The van der Waals surface area contributed by atoms with Gasteiger partial charge in [-0.1, -0.05) is 37.1 Å². The molecule has 3 nitrogen and oxygen atoms in total. The molecule has 2 aromatic rings. The van der Waals surface area contributed by atoms with Gasteiger partial charge in [0.1, 0.15) is 5.75 Å². The van der Waals surface area contributed by atoms with E-state index in [4.69, 9.17) is 16.3 Å². The highest BCUT2D eigenvalue weighted by molar-refractivity contribution is 6.30. The molecule has 116 valence electrons. The van der Waals surface area contributed by atoms with Crippen LogP contribution in [0, 0.1) is 0 Å². The molecule has 0 heterocycles. The van der Waals surface area contributed by atoms with Crippen molar-refractivity contribution in [2.45, 2.75) is 32.8 Å². The van der Waals surface area contributed by atoms with Crippen LogP contribution in [0.2, 0.25) is 5.02 Å². The van der Waals surface area contributed by atoms with Crippen molar-refractivity contribution in [2.75, 3.05) is 5.32 Å². The summed E-state index contributed by atoms with van der Waals surface area (Å²) in [7, 11) is 0. The number of benzene rings is 2. The second kappa shape index (κ2) is 7.85. The molecule has 0 saturated carbocycles. The number of carbonyl (C=O) groups is 1. The minimum absolute atomic E-state index is 0.194. The molecule has 4 heteroatoms. The molecular weight excluding hydrogens is 298 g/mol. The Labute approximate surface area is 136 Å². The van der Waals surface area contributed by atoms with Crippen molar-refractivity contribution in [3.8, 4) is 5.75 Å². The van der Waals surface area contributed by atoms with Gasteiger partial charge in [0, 0.05) is 10.7 Å². The van der Waals surface area contributed by atoms with Crippen molar-refractivity contribution in [2.24, 2.45) is 0 Å². The van der Waals surface area contributed by atoms with E-state index >= 15 is 0 Å². The van der Waals surface area contributed by atoms with E-state index in [1.165, 1.54) is 5.56 Å². The molecule has 22 heavy (non-hydrogen) atoms. The van der Waals surface area contributed by atoms with Crippen LogP contribution in [0.5, 0.6) is 5.75 Å². The molecule has 0 bridgehead atoms. The summed E-state index contributed by atoms with van der Waals surface area (Å²) in [5, 5.41) is 3.43. The summed E-state index contributed by atoms with van der Waals surface area (Å²) in [5.74, 6) is 0.499. The van der Waals surface area contributed by atoms with Crippen LogP contribution in [0.25, 0.3) is 0 Å². The van der Waals surface area contributed by atoms with E-state index in [1.54, 1.807) is 31.2 Å². The third-order valence-electron chi connectivity index (χ3n) is 3.26. The van der Waals surface area contributed by atoms with E-state index in [1.807, 2.05) is 24.3 Å². The van der Waals surface area contributed by atoms with Gasteiger partial charge in [-0.05, 0) is 55.3 Å². The highest BCUT2D eigenvalue weighted by Gasteiger charge is 2.14. The van der Waals surface area contributed by atoms with E-state index in [9.17, 15) is 4.79 Å². The molecule has 1 atom stereocenters. The van der Waals surface area contributed by atoms with Crippen molar-refractivity contribution >= 4 is 23.2 Å². The minimum Gasteiger partial charge on any atom is -0.481 e. The second-order valence-electron chi connectivity index (χ2n) is 5.15. The molecule has 1 unspecified atom stereocenters. The van der Waals surface area contributed by atoms with Crippen molar-refractivity contribution in [3.05, 3.63) is 59.1 Å². The summed E-state index contributed by atoms with van der Waals surface area (Å²) in [5.41, 5.74) is 1.97. The van der Waals surface area contributed by atoms with Crippen LogP contribution in [0.3, 0.4) is 0 Å². The summed E-state index contributed by atoms with van der Waals surface area (Å²) in [4.78, 5) is 12.1.